The molecular formula is C11H20N2O3S2. The second-order valence-corrected chi connectivity index (χ2v) is 6.79. The zero-order valence-electron chi connectivity index (χ0n) is 10.9. The summed E-state index contributed by atoms with van der Waals surface area (Å²) in [7, 11) is -2.12. The molecule has 0 saturated carbocycles. The van der Waals surface area contributed by atoms with Gasteiger partial charge < -0.3 is 9.73 Å². The maximum Gasteiger partial charge on any atom is 0.273 e. The molecule has 0 spiro atoms. The van der Waals surface area contributed by atoms with Crippen molar-refractivity contribution < 1.29 is 12.8 Å². The van der Waals surface area contributed by atoms with Crippen molar-refractivity contribution in [3.63, 3.8) is 0 Å². The molecule has 1 unspecified atom stereocenters. The van der Waals surface area contributed by atoms with Crippen LogP contribution in [0.2, 0.25) is 0 Å². The third-order valence-electron chi connectivity index (χ3n) is 2.55. The monoisotopic (exact) mass is 292 g/mol. The van der Waals surface area contributed by atoms with Gasteiger partial charge in [-0.2, -0.15) is 11.8 Å². The largest absolute Gasteiger partial charge is 0.447 e. The van der Waals surface area contributed by atoms with Gasteiger partial charge in [-0.1, -0.05) is 0 Å². The minimum absolute atomic E-state index is 0.0430. The minimum atomic E-state index is -3.48. The molecule has 18 heavy (non-hydrogen) atoms. The van der Waals surface area contributed by atoms with Gasteiger partial charge in [0.25, 0.3) is 10.0 Å². The fourth-order valence-electron chi connectivity index (χ4n) is 1.37. The number of nitrogens with one attached hydrogen (secondary N) is 2. The first-order valence-corrected chi connectivity index (χ1v) is 8.62. The van der Waals surface area contributed by atoms with Gasteiger partial charge in [0.1, 0.15) is 5.76 Å². The number of sulfonamides is 1. The van der Waals surface area contributed by atoms with Crippen LogP contribution in [0.3, 0.4) is 0 Å². The second-order valence-electron chi connectivity index (χ2n) is 3.99. The highest BCUT2D eigenvalue weighted by Gasteiger charge is 2.16. The fraction of sp³-hybridized carbons (Fsp3) is 0.636. The quantitative estimate of drug-likeness (QED) is 0.758. The molecule has 0 radical (unpaired) electrons. The number of hydrogen-bond acceptors (Lipinski definition) is 5. The van der Waals surface area contributed by atoms with E-state index in [1.807, 2.05) is 11.8 Å². The Morgan fingerprint density at radius 2 is 2.17 bits per heavy atom. The van der Waals surface area contributed by atoms with Crippen LogP contribution >= 0.6 is 11.8 Å². The van der Waals surface area contributed by atoms with Gasteiger partial charge in [0, 0.05) is 6.04 Å². The van der Waals surface area contributed by atoms with E-state index in [2.05, 4.69) is 23.2 Å². The van der Waals surface area contributed by atoms with E-state index in [0.717, 1.165) is 12.2 Å². The maximum absolute atomic E-state index is 11.5. The highest BCUT2D eigenvalue weighted by molar-refractivity contribution is 7.98. The van der Waals surface area contributed by atoms with Gasteiger partial charge in [-0.15, -0.1) is 0 Å². The molecule has 7 heteroatoms. The number of hydrogen-bond donors (Lipinski definition) is 2. The van der Waals surface area contributed by atoms with Crippen molar-refractivity contribution in [1.29, 1.82) is 0 Å². The van der Waals surface area contributed by atoms with E-state index in [4.69, 9.17) is 4.42 Å². The number of furan rings is 1. The van der Waals surface area contributed by atoms with Crippen molar-refractivity contribution in [2.75, 3.05) is 19.1 Å². The molecule has 0 aliphatic heterocycles. The molecule has 5 nitrogen and oxygen atoms in total. The Kier molecular flexibility index (Phi) is 6.20. The molecule has 1 aromatic rings. The normalized spacial score (nSPS) is 13.7. The molecule has 1 aromatic heterocycles. The van der Waals surface area contributed by atoms with Crippen molar-refractivity contribution in [3.8, 4) is 0 Å². The van der Waals surface area contributed by atoms with Crippen LogP contribution in [0.5, 0.6) is 0 Å². The summed E-state index contributed by atoms with van der Waals surface area (Å²) in [5, 5.41) is 3.25. The van der Waals surface area contributed by atoms with E-state index in [0.29, 0.717) is 18.3 Å². The average molecular weight is 292 g/mol. The first-order chi connectivity index (χ1) is 8.49. The van der Waals surface area contributed by atoms with E-state index in [1.54, 1.807) is 6.07 Å². The Balaban J connectivity index is 2.50. The third kappa shape index (κ3) is 4.64. The van der Waals surface area contributed by atoms with Crippen molar-refractivity contribution in [1.82, 2.24) is 10.0 Å². The highest BCUT2D eigenvalue weighted by Crippen LogP contribution is 2.13. The van der Waals surface area contributed by atoms with Crippen LogP contribution in [0.25, 0.3) is 0 Å². The molecule has 0 bridgehead atoms. The van der Waals surface area contributed by atoms with E-state index in [-0.39, 0.29) is 5.09 Å². The van der Waals surface area contributed by atoms with E-state index < -0.39 is 10.0 Å². The van der Waals surface area contributed by atoms with Crippen LogP contribution in [0.4, 0.5) is 0 Å². The van der Waals surface area contributed by atoms with Gasteiger partial charge >= 0.3 is 0 Å². The van der Waals surface area contributed by atoms with E-state index >= 15 is 0 Å². The van der Waals surface area contributed by atoms with Crippen molar-refractivity contribution >= 4 is 21.8 Å². The zero-order chi connectivity index (χ0) is 13.6. The topological polar surface area (TPSA) is 71.3 Å². The summed E-state index contributed by atoms with van der Waals surface area (Å²) in [6, 6.07) is 3.53. The first kappa shape index (κ1) is 15.6. The molecule has 0 saturated heterocycles. The Bertz CT molecular complexity index is 457. The van der Waals surface area contributed by atoms with Crippen molar-refractivity contribution in [2.24, 2.45) is 0 Å². The molecule has 1 rings (SSSR count). The summed E-state index contributed by atoms with van der Waals surface area (Å²) in [4.78, 5) is 0. The standard InChI is InChI=1S/C11H20N2O3S2/c1-9(6-7-17-3)13-8-10-4-5-11(16-10)18(14,15)12-2/h4-5,9,12-13H,6-8H2,1-3H3. The van der Waals surface area contributed by atoms with Crippen LogP contribution in [0.15, 0.2) is 21.6 Å². The van der Waals surface area contributed by atoms with Crippen LogP contribution in [0, 0.1) is 0 Å². The third-order valence-corrected chi connectivity index (χ3v) is 4.48. The van der Waals surface area contributed by atoms with Gasteiger partial charge in [-0.3, -0.25) is 0 Å². The zero-order valence-corrected chi connectivity index (χ0v) is 12.5. The molecule has 0 aromatic carbocycles. The summed E-state index contributed by atoms with van der Waals surface area (Å²) < 4.78 is 30.4. The van der Waals surface area contributed by atoms with Gasteiger partial charge in [0.15, 0.2) is 0 Å². The fourth-order valence-corrected chi connectivity index (χ4v) is 2.62. The van der Waals surface area contributed by atoms with Crippen LogP contribution < -0.4 is 10.0 Å². The first-order valence-electron chi connectivity index (χ1n) is 5.74. The van der Waals surface area contributed by atoms with Crippen molar-refractivity contribution in [3.05, 3.63) is 17.9 Å². The lowest BCUT2D eigenvalue weighted by Gasteiger charge is -2.11. The maximum atomic E-state index is 11.5. The summed E-state index contributed by atoms with van der Waals surface area (Å²) >= 11 is 1.81. The Morgan fingerprint density at radius 3 is 2.78 bits per heavy atom. The predicted octanol–water partition coefficient (Wildman–Crippen LogP) is 1.42. The van der Waals surface area contributed by atoms with Crippen molar-refractivity contribution in [2.45, 2.75) is 31.0 Å². The van der Waals surface area contributed by atoms with Gasteiger partial charge in [0.2, 0.25) is 5.09 Å². The molecule has 104 valence electrons. The molecule has 2 N–H and O–H groups in total. The molecule has 0 amide bonds. The molecule has 0 aliphatic carbocycles. The van der Waals surface area contributed by atoms with Gasteiger partial charge in [0.05, 0.1) is 6.54 Å². The molecule has 0 aliphatic rings. The molecular weight excluding hydrogens is 272 g/mol. The van der Waals surface area contributed by atoms with Crippen LogP contribution in [-0.2, 0) is 16.6 Å². The summed E-state index contributed by atoms with van der Waals surface area (Å²) in [6.45, 7) is 2.64. The second kappa shape index (κ2) is 7.18. The number of rotatable bonds is 8. The molecule has 1 heterocycles. The lowest BCUT2D eigenvalue weighted by Crippen LogP contribution is -2.25. The van der Waals surface area contributed by atoms with E-state index in [1.165, 1.54) is 13.1 Å². The molecule has 1 atom stereocenters. The predicted molar refractivity (Wildman–Crippen MR) is 74.3 cm³/mol. The van der Waals surface area contributed by atoms with Crippen LogP contribution in [-0.4, -0.2) is 33.5 Å². The Morgan fingerprint density at radius 1 is 1.44 bits per heavy atom. The highest BCUT2D eigenvalue weighted by atomic mass is 32.2. The Labute approximate surface area is 113 Å². The average Bonchev–Trinajstić information content (AvgIpc) is 2.83. The van der Waals surface area contributed by atoms with Gasteiger partial charge in [-0.25, -0.2) is 13.1 Å². The van der Waals surface area contributed by atoms with E-state index in [9.17, 15) is 8.42 Å². The number of thioether (sulfide) groups is 1. The smallest absolute Gasteiger partial charge is 0.273 e. The Hall–Kier alpha value is -0.500. The lowest BCUT2D eigenvalue weighted by atomic mass is 10.2. The van der Waals surface area contributed by atoms with Gasteiger partial charge in [-0.05, 0) is 44.5 Å². The summed E-state index contributed by atoms with van der Waals surface area (Å²) in [5.74, 6) is 1.73. The molecule has 0 fully saturated rings. The SMILES string of the molecule is CNS(=O)(=O)c1ccc(CNC(C)CCSC)o1. The lowest BCUT2D eigenvalue weighted by molar-refractivity contribution is 0.389. The minimum Gasteiger partial charge on any atom is -0.447 e. The summed E-state index contributed by atoms with van der Waals surface area (Å²) in [6.07, 6.45) is 3.15. The summed E-state index contributed by atoms with van der Waals surface area (Å²) in [5.41, 5.74) is 0. The van der Waals surface area contributed by atoms with Crippen LogP contribution in [0.1, 0.15) is 19.1 Å².